The third kappa shape index (κ3) is 5.14. The van der Waals surface area contributed by atoms with Crippen molar-refractivity contribution in [3.8, 4) is 11.3 Å². The summed E-state index contributed by atoms with van der Waals surface area (Å²) in [5, 5.41) is 7.70. The molecule has 138 valence electrons. The molecule has 1 saturated heterocycles. The van der Waals surface area contributed by atoms with Crippen molar-refractivity contribution in [2.24, 2.45) is 0 Å². The van der Waals surface area contributed by atoms with Gasteiger partial charge in [-0.3, -0.25) is 14.5 Å². The van der Waals surface area contributed by atoms with Crippen LogP contribution < -0.4 is 10.9 Å². The van der Waals surface area contributed by atoms with Gasteiger partial charge in [0.15, 0.2) is 0 Å². The lowest BCUT2D eigenvalue weighted by atomic mass is 10.1. The third-order valence-electron chi connectivity index (χ3n) is 4.13. The second kappa shape index (κ2) is 8.93. The molecule has 0 atom stereocenters. The molecule has 8 heteroatoms. The zero-order valence-corrected chi connectivity index (χ0v) is 15.1. The van der Waals surface area contributed by atoms with Gasteiger partial charge in [0.05, 0.1) is 18.9 Å². The van der Waals surface area contributed by atoms with Crippen LogP contribution in [0.1, 0.15) is 0 Å². The van der Waals surface area contributed by atoms with Gasteiger partial charge in [-0.25, -0.2) is 4.68 Å². The van der Waals surface area contributed by atoms with E-state index < -0.39 is 0 Å². The lowest BCUT2D eigenvalue weighted by Gasteiger charge is -2.26. The summed E-state index contributed by atoms with van der Waals surface area (Å²) in [5.74, 6) is -0.240. The summed E-state index contributed by atoms with van der Waals surface area (Å²) in [7, 11) is 0. The van der Waals surface area contributed by atoms with Gasteiger partial charge in [-0.05, 0) is 18.2 Å². The highest BCUT2D eigenvalue weighted by Crippen LogP contribution is 2.19. The number of halogens is 1. The summed E-state index contributed by atoms with van der Waals surface area (Å²) in [6, 6.07) is 10.2. The Kier molecular flexibility index (Phi) is 6.38. The van der Waals surface area contributed by atoms with E-state index in [2.05, 4.69) is 15.3 Å². The summed E-state index contributed by atoms with van der Waals surface area (Å²) in [5.41, 5.74) is 1.06. The van der Waals surface area contributed by atoms with E-state index >= 15 is 0 Å². The summed E-state index contributed by atoms with van der Waals surface area (Å²) >= 11 is 6.00. The summed E-state index contributed by atoms with van der Waals surface area (Å²) in [4.78, 5) is 26.4. The van der Waals surface area contributed by atoms with Gasteiger partial charge in [-0.15, -0.1) is 0 Å². The van der Waals surface area contributed by atoms with Crippen molar-refractivity contribution in [1.29, 1.82) is 0 Å². The van der Waals surface area contributed by atoms with Crippen molar-refractivity contribution in [2.75, 3.05) is 39.4 Å². The largest absolute Gasteiger partial charge is 0.379 e. The number of amides is 1. The first kappa shape index (κ1) is 18.6. The Balaban J connectivity index is 1.59. The Bertz CT molecular complexity index is 818. The van der Waals surface area contributed by atoms with Crippen LogP contribution in [-0.4, -0.2) is 60.0 Å². The fourth-order valence-electron chi connectivity index (χ4n) is 2.73. The molecule has 1 fully saturated rings. The number of hydrogen-bond acceptors (Lipinski definition) is 5. The highest BCUT2D eigenvalue weighted by atomic mass is 35.5. The maximum Gasteiger partial charge on any atom is 0.267 e. The fourth-order valence-corrected chi connectivity index (χ4v) is 2.92. The van der Waals surface area contributed by atoms with E-state index in [1.807, 2.05) is 12.1 Å². The molecule has 7 nitrogen and oxygen atoms in total. The van der Waals surface area contributed by atoms with Crippen molar-refractivity contribution in [1.82, 2.24) is 20.0 Å². The second-order valence-electron chi connectivity index (χ2n) is 6.03. The Morgan fingerprint density at radius 1 is 1.23 bits per heavy atom. The van der Waals surface area contributed by atoms with Gasteiger partial charge in [0.2, 0.25) is 5.91 Å². The molecule has 0 spiro atoms. The SMILES string of the molecule is O=C(Cn1nc(-c2cccc(Cl)c2)ccc1=O)NCCN1CCOCC1. The van der Waals surface area contributed by atoms with Crippen LogP contribution in [0.3, 0.4) is 0 Å². The van der Waals surface area contributed by atoms with Crippen LogP contribution >= 0.6 is 11.6 Å². The number of ether oxygens (including phenoxy) is 1. The molecule has 2 heterocycles. The molecule has 0 bridgehead atoms. The van der Waals surface area contributed by atoms with Gasteiger partial charge in [-0.2, -0.15) is 5.10 Å². The standard InChI is InChI=1S/C18H21ClN4O3/c19-15-3-1-2-14(12-15)16-4-5-18(25)23(21-16)13-17(24)20-6-7-22-8-10-26-11-9-22/h1-5,12H,6-11,13H2,(H,20,24). The average molecular weight is 377 g/mol. The van der Waals surface area contributed by atoms with Crippen LogP contribution in [0.25, 0.3) is 11.3 Å². The quantitative estimate of drug-likeness (QED) is 0.814. The third-order valence-corrected chi connectivity index (χ3v) is 4.37. The number of hydrogen-bond donors (Lipinski definition) is 1. The van der Waals surface area contributed by atoms with Crippen molar-refractivity contribution < 1.29 is 9.53 Å². The number of carbonyl (C=O) groups is 1. The molecule has 1 N–H and O–H groups in total. The van der Waals surface area contributed by atoms with Crippen molar-refractivity contribution in [3.05, 3.63) is 51.8 Å². The highest BCUT2D eigenvalue weighted by Gasteiger charge is 2.11. The molecule has 1 amide bonds. The number of morpholine rings is 1. The number of benzene rings is 1. The number of carbonyl (C=O) groups excluding carboxylic acids is 1. The molecule has 1 aromatic carbocycles. The average Bonchev–Trinajstić information content (AvgIpc) is 2.64. The van der Waals surface area contributed by atoms with Crippen LogP contribution in [0.4, 0.5) is 0 Å². The van der Waals surface area contributed by atoms with E-state index in [4.69, 9.17) is 16.3 Å². The van der Waals surface area contributed by atoms with Crippen LogP contribution in [-0.2, 0) is 16.1 Å². The van der Waals surface area contributed by atoms with Gasteiger partial charge in [0.1, 0.15) is 6.54 Å². The monoisotopic (exact) mass is 376 g/mol. The number of nitrogens with one attached hydrogen (secondary N) is 1. The Morgan fingerprint density at radius 2 is 2.04 bits per heavy atom. The molecule has 2 aromatic rings. The molecule has 3 rings (SSSR count). The summed E-state index contributed by atoms with van der Waals surface area (Å²) < 4.78 is 6.46. The molecule has 1 aromatic heterocycles. The van der Waals surface area contributed by atoms with Crippen LogP contribution in [0.15, 0.2) is 41.2 Å². The van der Waals surface area contributed by atoms with E-state index in [-0.39, 0.29) is 18.0 Å². The molecule has 1 aliphatic heterocycles. The Labute approximate surface area is 156 Å². The zero-order valence-electron chi connectivity index (χ0n) is 14.4. The van der Waals surface area contributed by atoms with Gasteiger partial charge in [-0.1, -0.05) is 23.7 Å². The maximum atomic E-state index is 12.1. The number of nitrogens with zero attached hydrogens (tertiary/aromatic N) is 3. The molecule has 0 aliphatic carbocycles. The Morgan fingerprint density at radius 3 is 2.81 bits per heavy atom. The predicted octanol–water partition coefficient (Wildman–Crippen LogP) is 1.01. The van der Waals surface area contributed by atoms with Crippen LogP contribution in [0.5, 0.6) is 0 Å². The molecular formula is C18H21ClN4O3. The topological polar surface area (TPSA) is 76.5 Å². The Hall–Kier alpha value is -2.22. The first-order valence-corrected chi connectivity index (χ1v) is 8.90. The molecule has 0 unspecified atom stereocenters. The molecule has 26 heavy (non-hydrogen) atoms. The van der Waals surface area contributed by atoms with Crippen molar-refractivity contribution in [3.63, 3.8) is 0 Å². The van der Waals surface area contributed by atoms with Gasteiger partial charge in [0, 0.05) is 42.8 Å². The van der Waals surface area contributed by atoms with Gasteiger partial charge >= 0.3 is 0 Å². The maximum absolute atomic E-state index is 12.1. The molecule has 1 aliphatic rings. The smallest absolute Gasteiger partial charge is 0.267 e. The number of rotatable bonds is 6. The second-order valence-corrected chi connectivity index (χ2v) is 6.47. The van der Waals surface area contributed by atoms with E-state index in [9.17, 15) is 9.59 Å². The molecule has 0 saturated carbocycles. The zero-order chi connectivity index (χ0) is 18.4. The minimum absolute atomic E-state index is 0.115. The predicted molar refractivity (Wildman–Crippen MR) is 99.2 cm³/mol. The van der Waals surface area contributed by atoms with Crippen molar-refractivity contribution in [2.45, 2.75) is 6.54 Å². The summed E-state index contributed by atoms with van der Waals surface area (Å²) in [6.07, 6.45) is 0. The van der Waals surface area contributed by atoms with Crippen LogP contribution in [0.2, 0.25) is 5.02 Å². The first-order valence-electron chi connectivity index (χ1n) is 8.53. The molecule has 0 radical (unpaired) electrons. The minimum Gasteiger partial charge on any atom is -0.379 e. The number of aromatic nitrogens is 2. The van der Waals surface area contributed by atoms with Crippen LogP contribution in [0, 0.1) is 0 Å². The van der Waals surface area contributed by atoms with E-state index in [1.165, 1.54) is 10.7 Å². The van der Waals surface area contributed by atoms with Gasteiger partial charge < -0.3 is 10.1 Å². The highest BCUT2D eigenvalue weighted by molar-refractivity contribution is 6.30. The van der Waals surface area contributed by atoms with Gasteiger partial charge in [0.25, 0.3) is 5.56 Å². The van der Waals surface area contributed by atoms with Crippen molar-refractivity contribution >= 4 is 17.5 Å². The van der Waals surface area contributed by atoms with E-state index in [0.29, 0.717) is 17.3 Å². The van der Waals surface area contributed by atoms with E-state index in [0.717, 1.165) is 38.4 Å². The normalized spacial score (nSPS) is 15.0. The molecular weight excluding hydrogens is 356 g/mol. The van der Waals surface area contributed by atoms with E-state index in [1.54, 1.807) is 18.2 Å². The summed E-state index contributed by atoms with van der Waals surface area (Å²) in [6.45, 7) is 4.38. The fraction of sp³-hybridized carbons (Fsp3) is 0.389. The first-order chi connectivity index (χ1) is 12.6. The minimum atomic E-state index is -0.320. The lowest BCUT2D eigenvalue weighted by Crippen LogP contribution is -2.42. The lowest BCUT2D eigenvalue weighted by molar-refractivity contribution is -0.122.